The highest BCUT2D eigenvalue weighted by atomic mass is 79.9. The summed E-state index contributed by atoms with van der Waals surface area (Å²) < 4.78 is 1.05. The summed E-state index contributed by atoms with van der Waals surface area (Å²) in [7, 11) is 0. The average molecular weight is 318 g/mol. The van der Waals surface area contributed by atoms with Crippen LogP contribution in [0.15, 0.2) is 34.1 Å². The minimum absolute atomic E-state index is 0.595. The van der Waals surface area contributed by atoms with Crippen LogP contribution in [0.4, 0.5) is 0 Å². The Morgan fingerprint density at radius 1 is 1.38 bits per heavy atom. The Kier molecular flexibility index (Phi) is 3.70. The lowest BCUT2D eigenvalue weighted by Gasteiger charge is -2.10. The molecule has 1 unspecified atom stereocenters. The molecule has 0 radical (unpaired) electrons. The monoisotopic (exact) mass is 316 g/mol. The molecule has 0 saturated heterocycles. The molecule has 84 valence electrons. The molecule has 1 aromatic heterocycles. The second-order valence-corrected chi connectivity index (χ2v) is 6.34. The highest BCUT2D eigenvalue weighted by molar-refractivity contribution is 9.11. The molecule has 2 rings (SSSR count). The van der Waals surface area contributed by atoms with Crippen molar-refractivity contribution in [3.63, 3.8) is 0 Å². The third kappa shape index (κ3) is 2.33. The first-order valence-corrected chi connectivity index (χ1v) is 6.76. The minimum atomic E-state index is -0.649. The van der Waals surface area contributed by atoms with Crippen molar-refractivity contribution in [1.82, 2.24) is 0 Å². The van der Waals surface area contributed by atoms with Crippen LogP contribution in [-0.2, 0) is 0 Å². The number of hydrogen-bond acceptors (Lipinski definition) is 2. The van der Waals surface area contributed by atoms with E-state index < -0.39 is 6.10 Å². The topological polar surface area (TPSA) is 20.2 Å². The molecule has 1 nitrogen and oxygen atoms in total. The predicted octanol–water partition coefficient (Wildman–Crippen LogP) is 4.55. The van der Waals surface area contributed by atoms with E-state index in [4.69, 9.17) is 11.6 Å². The summed E-state index contributed by atoms with van der Waals surface area (Å²) in [5, 5.41) is 10.8. The maximum absolute atomic E-state index is 10.2. The smallest absolute Gasteiger partial charge is 0.115 e. The van der Waals surface area contributed by atoms with E-state index in [0.717, 1.165) is 19.8 Å². The number of rotatable bonds is 2. The number of thiophene rings is 1. The van der Waals surface area contributed by atoms with Gasteiger partial charge in [0.15, 0.2) is 0 Å². The molecule has 0 aliphatic carbocycles. The van der Waals surface area contributed by atoms with Crippen LogP contribution in [0.1, 0.15) is 22.1 Å². The number of aryl methyl sites for hydroxylation is 1. The highest BCUT2D eigenvalue weighted by Crippen LogP contribution is 2.36. The van der Waals surface area contributed by atoms with Gasteiger partial charge in [0, 0.05) is 15.5 Å². The first-order chi connectivity index (χ1) is 7.59. The zero-order valence-electron chi connectivity index (χ0n) is 8.58. The Labute approximate surface area is 112 Å². The Morgan fingerprint density at radius 3 is 2.62 bits per heavy atom. The van der Waals surface area contributed by atoms with Crippen molar-refractivity contribution in [1.29, 1.82) is 0 Å². The Bertz CT molecular complexity index is 490. The Morgan fingerprint density at radius 2 is 2.06 bits per heavy atom. The molecule has 1 atom stereocenters. The second kappa shape index (κ2) is 4.88. The van der Waals surface area contributed by atoms with Crippen LogP contribution in [0.2, 0.25) is 5.02 Å². The first kappa shape index (κ1) is 12.1. The van der Waals surface area contributed by atoms with Crippen molar-refractivity contribution in [2.75, 3.05) is 0 Å². The van der Waals surface area contributed by atoms with Crippen molar-refractivity contribution >= 4 is 38.9 Å². The molecule has 0 aliphatic heterocycles. The summed E-state index contributed by atoms with van der Waals surface area (Å²) in [5.41, 5.74) is 1.88. The van der Waals surface area contributed by atoms with Crippen molar-refractivity contribution in [3.05, 3.63) is 55.1 Å². The van der Waals surface area contributed by atoms with Crippen LogP contribution in [0.5, 0.6) is 0 Å². The number of hydrogen-bond donors (Lipinski definition) is 1. The molecule has 16 heavy (non-hydrogen) atoms. The zero-order chi connectivity index (χ0) is 11.7. The lowest BCUT2D eigenvalue weighted by Crippen LogP contribution is -1.97. The molecule has 0 aliphatic rings. The highest BCUT2D eigenvalue weighted by Gasteiger charge is 2.16. The van der Waals surface area contributed by atoms with Crippen LogP contribution < -0.4 is 0 Å². The second-order valence-electron chi connectivity index (χ2n) is 3.53. The molecule has 1 aromatic carbocycles. The molecule has 0 saturated carbocycles. The molecule has 4 heteroatoms. The number of halogens is 2. The molecular formula is C12H10BrClOS. The fourth-order valence-corrected chi connectivity index (χ4v) is 3.28. The summed E-state index contributed by atoms with van der Waals surface area (Å²) in [4.78, 5) is 0.900. The fraction of sp³-hybridized carbons (Fsp3) is 0.167. The van der Waals surface area contributed by atoms with E-state index in [-0.39, 0.29) is 0 Å². The van der Waals surface area contributed by atoms with Crippen molar-refractivity contribution < 1.29 is 5.11 Å². The van der Waals surface area contributed by atoms with E-state index in [2.05, 4.69) is 15.9 Å². The van der Waals surface area contributed by atoms with Gasteiger partial charge in [-0.05, 0) is 40.5 Å². The zero-order valence-corrected chi connectivity index (χ0v) is 11.7. The maximum atomic E-state index is 10.2. The first-order valence-electron chi connectivity index (χ1n) is 4.78. The number of aliphatic hydroxyl groups excluding tert-OH is 1. The third-order valence-electron chi connectivity index (χ3n) is 2.35. The SMILES string of the molecule is Cc1cc(C(O)c2ccccc2Cl)sc1Br. The summed E-state index contributed by atoms with van der Waals surface area (Å²) >= 11 is 11.0. The van der Waals surface area contributed by atoms with Crippen LogP contribution in [0, 0.1) is 6.92 Å². The van der Waals surface area contributed by atoms with Crippen LogP contribution in [-0.4, -0.2) is 5.11 Å². The third-order valence-corrected chi connectivity index (χ3v) is 4.88. The minimum Gasteiger partial charge on any atom is -0.383 e. The van der Waals surface area contributed by atoms with Crippen molar-refractivity contribution in [2.45, 2.75) is 13.0 Å². The van der Waals surface area contributed by atoms with Gasteiger partial charge in [-0.1, -0.05) is 29.8 Å². The Balaban J connectivity index is 2.39. The summed E-state index contributed by atoms with van der Waals surface area (Å²) in [6, 6.07) is 9.34. The number of benzene rings is 1. The van der Waals surface area contributed by atoms with Crippen molar-refractivity contribution in [3.8, 4) is 0 Å². The van der Waals surface area contributed by atoms with Crippen LogP contribution in [0.3, 0.4) is 0 Å². The fourth-order valence-electron chi connectivity index (χ4n) is 1.47. The van der Waals surface area contributed by atoms with Crippen molar-refractivity contribution in [2.24, 2.45) is 0 Å². The lowest BCUT2D eigenvalue weighted by atomic mass is 10.1. The normalized spacial score (nSPS) is 12.8. The van der Waals surface area contributed by atoms with Gasteiger partial charge >= 0.3 is 0 Å². The van der Waals surface area contributed by atoms with E-state index in [1.807, 2.05) is 31.2 Å². The molecule has 0 bridgehead atoms. The van der Waals surface area contributed by atoms with Crippen LogP contribution in [0.25, 0.3) is 0 Å². The standard InChI is InChI=1S/C12H10BrClOS/c1-7-6-10(16-12(7)13)11(15)8-4-2-3-5-9(8)14/h2-6,11,15H,1H3. The molecule has 1 heterocycles. The molecule has 0 amide bonds. The Hall–Kier alpha value is -0.350. The van der Waals surface area contributed by atoms with Crippen LogP contribution >= 0.6 is 38.9 Å². The van der Waals surface area contributed by atoms with Gasteiger partial charge in [-0.25, -0.2) is 0 Å². The summed E-state index contributed by atoms with van der Waals surface area (Å²) in [6.07, 6.45) is -0.649. The predicted molar refractivity (Wildman–Crippen MR) is 72.3 cm³/mol. The molecular weight excluding hydrogens is 308 g/mol. The van der Waals surface area contributed by atoms with E-state index in [1.54, 1.807) is 6.07 Å². The van der Waals surface area contributed by atoms with E-state index in [1.165, 1.54) is 11.3 Å². The van der Waals surface area contributed by atoms with E-state index in [9.17, 15) is 5.11 Å². The maximum Gasteiger partial charge on any atom is 0.115 e. The quantitative estimate of drug-likeness (QED) is 0.861. The van der Waals surface area contributed by atoms with Gasteiger partial charge in [0.2, 0.25) is 0 Å². The van der Waals surface area contributed by atoms with E-state index in [0.29, 0.717) is 5.02 Å². The number of aliphatic hydroxyl groups is 1. The van der Waals surface area contributed by atoms with Gasteiger partial charge in [0.25, 0.3) is 0 Å². The summed E-state index contributed by atoms with van der Waals surface area (Å²) in [5.74, 6) is 0. The van der Waals surface area contributed by atoms with Gasteiger partial charge in [0.1, 0.15) is 6.10 Å². The van der Waals surface area contributed by atoms with Gasteiger partial charge < -0.3 is 5.11 Å². The van der Waals surface area contributed by atoms with Gasteiger partial charge in [-0.3, -0.25) is 0 Å². The molecule has 0 fully saturated rings. The molecule has 2 aromatic rings. The van der Waals surface area contributed by atoms with Gasteiger partial charge in [-0.15, -0.1) is 11.3 Å². The lowest BCUT2D eigenvalue weighted by molar-refractivity contribution is 0.224. The molecule has 0 spiro atoms. The largest absolute Gasteiger partial charge is 0.383 e. The molecule has 1 N–H and O–H groups in total. The summed E-state index contributed by atoms with van der Waals surface area (Å²) in [6.45, 7) is 2.00. The van der Waals surface area contributed by atoms with E-state index >= 15 is 0 Å². The van der Waals surface area contributed by atoms with Gasteiger partial charge in [0.05, 0.1) is 3.79 Å². The van der Waals surface area contributed by atoms with Gasteiger partial charge in [-0.2, -0.15) is 0 Å². The average Bonchev–Trinajstić information content (AvgIpc) is 2.59.